The number of nitrogens with one attached hydrogen (secondary N) is 2. The fourth-order valence-corrected chi connectivity index (χ4v) is 2.50. The van der Waals surface area contributed by atoms with Gasteiger partial charge in [0.25, 0.3) is 0 Å². The van der Waals surface area contributed by atoms with Crippen LogP contribution in [0.2, 0.25) is 0 Å². The first-order chi connectivity index (χ1) is 9.52. The molecule has 1 rings (SSSR count). The lowest BCUT2D eigenvalue weighted by atomic mass is 10.2. The third kappa shape index (κ3) is 6.37. The smallest absolute Gasteiger partial charge is 0.191 e. The molecule has 1 aromatic heterocycles. The maximum Gasteiger partial charge on any atom is 0.191 e. The van der Waals surface area contributed by atoms with Crippen LogP contribution < -0.4 is 10.6 Å². The Bertz CT molecular complexity index is 410. The van der Waals surface area contributed by atoms with Crippen molar-refractivity contribution >= 4 is 17.3 Å². The minimum atomic E-state index is 0.520. The molecule has 2 N–H and O–H groups in total. The van der Waals surface area contributed by atoms with Crippen LogP contribution in [0.5, 0.6) is 0 Å². The maximum atomic E-state index is 4.65. The summed E-state index contributed by atoms with van der Waals surface area (Å²) in [5.41, 5.74) is 1.17. The lowest BCUT2D eigenvalue weighted by molar-refractivity contribution is 0.656. The van der Waals surface area contributed by atoms with Gasteiger partial charge in [-0.1, -0.05) is 27.7 Å². The topological polar surface area (TPSA) is 49.3 Å². The van der Waals surface area contributed by atoms with Crippen molar-refractivity contribution in [2.75, 3.05) is 19.6 Å². The van der Waals surface area contributed by atoms with Crippen molar-refractivity contribution in [2.24, 2.45) is 10.9 Å². The molecule has 0 saturated carbocycles. The van der Waals surface area contributed by atoms with Gasteiger partial charge in [0.2, 0.25) is 0 Å². The molecule has 0 aromatic carbocycles. The van der Waals surface area contributed by atoms with Crippen molar-refractivity contribution in [3.63, 3.8) is 0 Å². The Morgan fingerprint density at radius 3 is 2.60 bits per heavy atom. The summed E-state index contributed by atoms with van der Waals surface area (Å²) in [6.07, 6.45) is 0.940. The van der Waals surface area contributed by atoms with Gasteiger partial charge < -0.3 is 10.6 Å². The molecule has 0 atom stereocenters. The minimum Gasteiger partial charge on any atom is -0.357 e. The Hall–Kier alpha value is -1.10. The number of hydrogen-bond donors (Lipinski definition) is 2. The summed E-state index contributed by atoms with van der Waals surface area (Å²) in [6, 6.07) is 0. The van der Waals surface area contributed by atoms with E-state index in [1.807, 2.05) is 0 Å². The standard InChI is InChI=1S/C15H28N4S/c1-6-16-15(18-9-11(2)3)17-8-7-13-10-20-14(19-13)12(4)5/h10-12H,6-9H2,1-5H3,(H2,16,17,18). The molecule has 4 nitrogen and oxygen atoms in total. The maximum absolute atomic E-state index is 4.65. The zero-order valence-electron chi connectivity index (χ0n) is 13.4. The summed E-state index contributed by atoms with van der Waals surface area (Å²) >= 11 is 1.76. The van der Waals surface area contributed by atoms with Crippen LogP contribution in [-0.4, -0.2) is 30.6 Å². The van der Waals surface area contributed by atoms with E-state index in [2.05, 4.69) is 60.6 Å². The van der Waals surface area contributed by atoms with Crippen LogP contribution in [0.3, 0.4) is 0 Å². The van der Waals surface area contributed by atoms with Crippen LogP contribution in [0.1, 0.15) is 51.2 Å². The van der Waals surface area contributed by atoms with Crippen molar-refractivity contribution in [3.05, 3.63) is 16.1 Å². The Morgan fingerprint density at radius 1 is 1.30 bits per heavy atom. The highest BCUT2D eigenvalue weighted by Gasteiger charge is 2.06. The van der Waals surface area contributed by atoms with Crippen LogP contribution in [-0.2, 0) is 6.42 Å². The van der Waals surface area contributed by atoms with Gasteiger partial charge in [0.15, 0.2) is 5.96 Å². The first-order valence-electron chi connectivity index (χ1n) is 7.49. The molecule has 1 heterocycles. The molecule has 20 heavy (non-hydrogen) atoms. The van der Waals surface area contributed by atoms with Gasteiger partial charge in [0, 0.05) is 37.4 Å². The summed E-state index contributed by atoms with van der Waals surface area (Å²) < 4.78 is 0. The normalized spacial score (nSPS) is 12.2. The van der Waals surface area contributed by atoms with E-state index in [0.717, 1.165) is 32.0 Å². The molecule has 0 unspecified atom stereocenters. The average Bonchev–Trinajstić information content (AvgIpc) is 2.85. The molecule has 5 heteroatoms. The van der Waals surface area contributed by atoms with Gasteiger partial charge in [0.1, 0.15) is 0 Å². The molecular weight excluding hydrogens is 268 g/mol. The van der Waals surface area contributed by atoms with Gasteiger partial charge in [-0.15, -0.1) is 11.3 Å². The second kappa shape index (κ2) is 8.95. The number of aliphatic imine (C=N–C) groups is 1. The van der Waals surface area contributed by atoms with E-state index in [0.29, 0.717) is 11.8 Å². The number of hydrogen-bond acceptors (Lipinski definition) is 3. The predicted molar refractivity (Wildman–Crippen MR) is 88.7 cm³/mol. The lowest BCUT2D eigenvalue weighted by Gasteiger charge is -2.11. The van der Waals surface area contributed by atoms with Gasteiger partial charge in [-0.3, -0.25) is 4.99 Å². The zero-order chi connectivity index (χ0) is 15.0. The van der Waals surface area contributed by atoms with Crippen LogP contribution in [0.25, 0.3) is 0 Å². The SMILES string of the molecule is CCNC(=NCC(C)C)NCCc1csc(C(C)C)n1. The Morgan fingerprint density at radius 2 is 2.05 bits per heavy atom. The molecule has 0 saturated heterocycles. The Balaban J connectivity index is 2.41. The molecule has 0 radical (unpaired) electrons. The summed E-state index contributed by atoms with van der Waals surface area (Å²) in [4.78, 5) is 9.20. The number of rotatable bonds is 7. The highest BCUT2D eigenvalue weighted by molar-refractivity contribution is 7.09. The molecule has 0 aliphatic rings. The molecular formula is C15H28N4S. The quantitative estimate of drug-likeness (QED) is 0.600. The summed E-state index contributed by atoms with van der Waals surface area (Å²) in [5, 5.41) is 10.0. The van der Waals surface area contributed by atoms with E-state index in [1.165, 1.54) is 10.7 Å². The van der Waals surface area contributed by atoms with Crippen molar-refractivity contribution in [3.8, 4) is 0 Å². The summed E-state index contributed by atoms with van der Waals surface area (Å²) in [7, 11) is 0. The average molecular weight is 296 g/mol. The lowest BCUT2D eigenvalue weighted by Crippen LogP contribution is -2.38. The number of nitrogens with zero attached hydrogens (tertiary/aromatic N) is 2. The van der Waals surface area contributed by atoms with Gasteiger partial charge >= 0.3 is 0 Å². The third-order valence-electron chi connectivity index (χ3n) is 2.70. The second-order valence-corrected chi connectivity index (χ2v) is 6.51. The van der Waals surface area contributed by atoms with E-state index >= 15 is 0 Å². The van der Waals surface area contributed by atoms with Crippen molar-refractivity contribution in [1.82, 2.24) is 15.6 Å². The van der Waals surface area contributed by atoms with E-state index < -0.39 is 0 Å². The van der Waals surface area contributed by atoms with E-state index in [4.69, 9.17) is 0 Å². The van der Waals surface area contributed by atoms with Gasteiger partial charge in [-0.25, -0.2) is 4.98 Å². The molecule has 114 valence electrons. The number of thiazole rings is 1. The zero-order valence-corrected chi connectivity index (χ0v) is 14.2. The Labute approximate surface area is 127 Å². The van der Waals surface area contributed by atoms with Gasteiger partial charge in [-0.2, -0.15) is 0 Å². The first kappa shape index (κ1) is 17.0. The molecule has 0 bridgehead atoms. The van der Waals surface area contributed by atoms with Crippen LogP contribution in [0, 0.1) is 5.92 Å². The van der Waals surface area contributed by atoms with E-state index in [9.17, 15) is 0 Å². The highest BCUT2D eigenvalue weighted by atomic mass is 32.1. The fourth-order valence-electron chi connectivity index (χ4n) is 1.63. The highest BCUT2D eigenvalue weighted by Crippen LogP contribution is 2.19. The van der Waals surface area contributed by atoms with Crippen molar-refractivity contribution < 1.29 is 0 Å². The monoisotopic (exact) mass is 296 g/mol. The van der Waals surface area contributed by atoms with Crippen LogP contribution >= 0.6 is 11.3 Å². The first-order valence-corrected chi connectivity index (χ1v) is 8.37. The van der Waals surface area contributed by atoms with Crippen molar-refractivity contribution in [2.45, 2.75) is 47.0 Å². The molecule has 0 aliphatic heterocycles. The number of guanidine groups is 1. The molecule has 1 aromatic rings. The number of aromatic nitrogens is 1. The van der Waals surface area contributed by atoms with Gasteiger partial charge in [-0.05, 0) is 12.8 Å². The van der Waals surface area contributed by atoms with Crippen LogP contribution in [0.15, 0.2) is 10.4 Å². The minimum absolute atomic E-state index is 0.520. The summed E-state index contributed by atoms with van der Waals surface area (Å²) in [5.74, 6) is 2.00. The van der Waals surface area contributed by atoms with Crippen molar-refractivity contribution in [1.29, 1.82) is 0 Å². The predicted octanol–water partition coefficient (Wildman–Crippen LogP) is 3.02. The van der Waals surface area contributed by atoms with E-state index in [1.54, 1.807) is 11.3 Å². The Kier molecular flexibility index (Phi) is 7.59. The van der Waals surface area contributed by atoms with E-state index in [-0.39, 0.29) is 0 Å². The van der Waals surface area contributed by atoms with Gasteiger partial charge in [0.05, 0.1) is 10.7 Å². The molecule has 0 spiro atoms. The molecule has 0 amide bonds. The molecule has 0 fully saturated rings. The third-order valence-corrected chi connectivity index (χ3v) is 3.89. The van der Waals surface area contributed by atoms with Crippen LogP contribution in [0.4, 0.5) is 0 Å². The second-order valence-electron chi connectivity index (χ2n) is 5.62. The molecule has 0 aliphatic carbocycles. The largest absolute Gasteiger partial charge is 0.357 e. The fraction of sp³-hybridized carbons (Fsp3) is 0.733. The summed E-state index contributed by atoms with van der Waals surface area (Å²) in [6.45, 7) is 13.4.